The molecular formula is C17H13N5OS2. The number of carbonyl (C=O) groups excluding carboxylic acids is 1. The number of thiophene rings is 2. The predicted molar refractivity (Wildman–Crippen MR) is 98.9 cm³/mol. The number of aromatic nitrogens is 4. The van der Waals surface area contributed by atoms with E-state index in [1.54, 1.807) is 29.8 Å². The van der Waals surface area contributed by atoms with Crippen molar-refractivity contribution in [2.45, 2.75) is 6.54 Å². The normalized spacial score (nSPS) is 10.7. The molecule has 4 aromatic rings. The maximum atomic E-state index is 12.8. The first-order valence-corrected chi connectivity index (χ1v) is 9.29. The van der Waals surface area contributed by atoms with E-state index in [9.17, 15) is 4.79 Å². The summed E-state index contributed by atoms with van der Waals surface area (Å²) in [6.07, 6.45) is 3.37. The maximum absolute atomic E-state index is 12.8. The van der Waals surface area contributed by atoms with Gasteiger partial charge < -0.3 is 5.32 Å². The number of nitrogens with one attached hydrogen (secondary N) is 1. The molecule has 0 bridgehead atoms. The molecule has 8 heteroatoms. The van der Waals surface area contributed by atoms with Gasteiger partial charge in [-0.15, -0.1) is 27.8 Å². The lowest BCUT2D eigenvalue weighted by molar-refractivity contribution is 0.0951. The van der Waals surface area contributed by atoms with Gasteiger partial charge in [-0.1, -0.05) is 12.1 Å². The highest BCUT2D eigenvalue weighted by molar-refractivity contribution is 7.12. The molecule has 124 valence electrons. The van der Waals surface area contributed by atoms with Gasteiger partial charge in [0, 0.05) is 22.8 Å². The fourth-order valence-corrected chi connectivity index (χ4v) is 3.56. The topological polar surface area (TPSA) is 72.7 Å². The molecule has 0 unspecified atom stereocenters. The monoisotopic (exact) mass is 367 g/mol. The molecular weight excluding hydrogens is 354 g/mol. The highest BCUT2D eigenvalue weighted by atomic mass is 32.1. The molecule has 0 spiro atoms. The van der Waals surface area contributed by atoms with Crippen LogP contribution in [0, 0.1) is 0 Å². The minimum atomic E-state index is -0.202. The van der Waals surface area contributed by atoms with E-state index in [2.05, 4.69) is 20.4 Å². The first-order valence-electron chi connectivity index (χ1n) is 7.53. The molecule has 4 rings (SSSR count). The summed E-state index contributed by atoms with van der Waals surface area (Å²) in [6.45, 7) is 0.584. The van der Waals surface area contributed by atoms with Gasteiger partial charge in [-0.25, -0.2) is 0 Å². The van der Waals surface area contributed by atoms with Crippen LogP contribution < -0.4 is 5.32 Å². The van der Waals surface area contributed by atoms with Crippen molar-refractivity contribution in [1.82, 2.24) is 19.7 Å². The Balaban J connectivity index is 1.69. The molecule has 25 heavy (non-hydrogen) atoms. The molecule has 0 saturated heterocycles. The van der Waals surface area contributed by atoms with Gasteiger partial charge in [0.15, 0.2) is 5.82 Å². The van der Waals surface area contributed by atoms with Crippen LogP contribution in [0.1, 0.15) is 14.5 Å². The van der Waals surface area contributed by atoms with E-state index in [0.717, 1.165) is 10.4 Å². The molecule has 4 heterocycles. The number of carbonyl (C=O) groups is 1. The van der Waals surface area contributed by atoms with Crippen LogP contribution >= 0.6 is 22.7 Å². The average molecular weight is 367 g/mol. The van der Waals surface area contributed by atoms with Crippen molar-refractivity contribution in [3.63, 3.8) is 0 Å². The van der Waals surface area contributed by atoms with Crippen LogP contribution in [0.4, 0.5) is 5.95 Å². The van der Waals surface area contributed by atoms with Crippen molar-refractivity contribution in [2.75, 3.05) is 5.32 Å². The van der Waals surface area contributed by atoms with Crippen molar-refractivity contribution >= 4 is 34.5 Å². The minimum Gasteiger partial charge on any atom is -0.349 e. The fraction of sp³-hybridized carbons (Fsp3) is 0.0588. The summed E-state index contributed by atoms with van der Waals surface area (Å²) in [6, 6.07) is 11.3. The van der Waals surface area contributed by atoms with Crippen LogP contribution in [0.2, 0.25) is 0 Å². The summed E-state index contributed by atoms with van der Waals surface area (Å²) in [7, 11) is 0. The van der Waals surface area contributed by atoms with Gasteiger partial charge in [0.25, 0.3) is 5.91 Å². The minimum absolute atomic E-state index is 0.202. The molecule has 0 aromatic carbocycles. The second-order valence-electron chi connectivity index (χ2n) is 5.13. The van der Waals surface area contributed by atoms with Gasteiger partial charge in [-0.3, -0.25) is 9.78 Å². The first kappa shape index (κ1) is 15.7. The molecule has 0 saturated carbocycles. The zero-order valence-electron chi connectivity index (χ0n) is 13.0. The fourth-order valence-electron chi connectivity index (χ4n) is 2.27. The lowest BCUT2D eigenvalue weighted by atomic mass is 10.3. The van der Waals surface area contributed by atoms with Crippen molar-refractivity contribution in [2.24, 2.45) is 0 Å². The third-order valence-electron chi connectivity index (χ3n) is 3.45. The first-order chi connectivity index (χ1) is 12.3. The number of pyridine rings is 1. The van der Waals surface area contributed by atoms with E-state index in [1.165, 1.54) is 16.0 Å². The van der Waals surface area contributed by atoms with Crippen LogP contribution in [0.5, 0.6) is 0 Å². The van der Waals surface area contributed by atoms with Crippen LogP contribution in [0.3, 0.4) is 0 Å². The van der Waals surface area contributed by atoms with E-state index in [0.29, 0.717) is 23.2 Å². The number of rotatable bonds is 5. The second kappa shape index (κ2) is 6.96. The number of nitrogens with zero attached hydrogens (tertiary/aromatic N) is 4. The molecule has 4 aromatic heterocycles. The van der Waals surface area contributed by atoms with Crippen molar-refractivity contribution < 1.29 is 4.79 Å². The lowest BCUT2D eigenvalue weighted by Crippen LogP contribution is -2.16. The Morgan fingerprint density at radius 3 is 2.72 bits per heavy atom. The van der Waals surface area contributed by atoms with Crippen molar-refractivity contribution in [1.29, 1.82) is 0 Å². The van der Waals surface area contributed by atoms with E-state index >= 15 is 0 Å². The molecule has 1 N–H and O–H groups in total. The largest absolute Gasteiger partial charge is 0.349 e. The molecule has 0 atom stereocenters. The Kier molecular flexibility index (Phi) is 4.36. The Labute approximate surface area is 151 Å². The Hall–Kier alpha value is -2.84. The quantitative estimate of drug-likeness (QED) is 0.581. The van der Waals surface area contributed by atoms with Gasteiger partial charge in [-0.2, -0.15) is 9.67 Å². The summed E-state index contributed by atoms with van der Waals surface area (Å²) in [5.41, 5.74) is 0.763. The summed E-state index contributed by atoms with van der Waals surface area (Å²) >= 11 is 3.02. The molecule has 0 aliphatic heterocycles. The van der Waals surface area contributed by atoms with Crippen molar-refractivity contribution in [3.8, 4) is 11.4 Å². The SMILES string of the molecule is O=C(c1cccs1)n1nc(-c2cccnc2)nc1NCc1cccs1. The second-order valence-corrected chi connectivity index (χ2v) is 7.11. The Bertz CT molecular complexity index is 962. The lowest BCUT2D eigenvalue weighted by Gasteiger charge is -2.04. The molecule has 0 radical (unpaired) electrons. The Morgan fingerprint density at radius 1 is 1.12 bits per heavy atom. The smallest absolute Gasteiger partial charge is 0.291 e. The molecule has 0 aliphatic carbocycles. The van der Waals surface area contributed by atoms with Crippen molar-refractivity contribution in [3.05, 3.63) is 69.3 Å². The van der Waals surface area contributed by atoms with Crippen LogP contribution in [0.15, 0.2) is 59.6 Å². The van der Waals surface area contributed by atoms with E-state index in [4.69, 9.17) is 0 Å². The van der Waals surface area contributed by atoms with E-state index in [-0.39, 0.29) is 5.91 Å². The maximum Gasteiger partial charge on any atom is 0.291 e. The van der Waals surface area contributed by atoms with Gasteiger partial charge in [0.05, 0.1) is 11.4 Å². The molecule has 0 aliphatic rings. The zero-order chi connectivity index (χ0) is 17.1. The summed E-state index contributed by atoms with van der Waals surface area (Å²) in [4.78, 5) is 23.1. The standard InChI is InChI=1S/C17H13N5OS2/c23-16(14-6-3-9-25-14)22-17(19-11-13-5-2-8-24-13)20-15(21-22)12-4-1-7-18-10-12/h1-10H,11H2,(H,19,20,21). The Morgan fingerprint density at radius 2 is 2.00 bits per heavy atom. The van der Waals surface area contributed by atoms with Gasteiger partial charge >= 0.3 is 0 Å². The third-order valence-corrected chi connectivity index (χ3v) is 5.19. The average Bonchev–Trinajstić information content (AvgIpc) is 3.41. The molecule has 0 fully saturated rings. The van der Waals surface area contributed by atoms with Crippen LogP contribution in [-0.4, -0.2) is 25.7 Å². The highest BCUT2D eigenvalue weighted by Crippen LogP contribution is 2.20. The van der Waals surface area contributed by atoms with E-state index in [1.807, 2.05) is 41.1 Å². The van der Waals surface area contributed by atoms with E-state index < -0.39 is 0 Å². The third kappa shape index (κ3) is 3.35. The zero-order valence-corrected chi connectivity index (χ0v) is 14.6. The summed E-state index contributed by atoms with van der Waals surface area (Å²) < 4.78 is 1.32. The van der Waals surface area contributed by atoms with Crippen LogP contribution in [0.25, 0.3) is 11.4 Å². The number of anilines is 1. The highest BCUT2D eigenvalue weighted by Gasteiger charge is 2.19. The number of hydrogen-bond acceptors (Lipinski definition) is 7. The van der Waals surface area contributed by atoms with Crippen LogP contribution in [-0.2, 0) is 6.54 Å². The molecule has 6 nitrogen and oxygen atoms in total. The summed E-state index contributed by atoms with van der Waals surface area (Å²) in [5.74, 6) is 0.684. The summed E-state index contributed by atoms with van der Waals surface area (Å²) in [5, 5.41) is 11.5. The number of hydrogen-bond donors (Lipinski definition) is 1. The van der Waals surface area contributed by atoms with Gasteiger partial charge in [0.2, 0.25) is 5.95 Å². The predicted octanol–water partition coefficient (Wildman–Crippen LogP) is 3.76. The van der Waals surface area contributed by atoms with Gasteiger partial charge in [-0.05, 0) is 35.0 Å². The van der Waals surface area contributed by atoms with Gasteiger partial charge in [0.1, 0.15) is 0 Å². The molecule has 0 amide bonds.